The Morgan fingerprint density at radius 2 is 2.12 bits per heavy atom. The fraction of sp³-hybridized carbons (Fsp3) is 0.500. The molecule has 1 aromatic heterocycles. The van der Waals surface area contributed by atoms with Crippen LogP contribution in [-0.4, -0.2) is 40.0 Å². The molecule has 7 nitrogen and oxygen atoms in total. The predicted octanol–water partition coefficient (Wildman–Crippen LogP) is 2.84. The smallest absolute Gasteiger partial charge is 0.321 e. The molecule has 1 aliphatic rings. The molecule has 1 saturated heterocycles. The summed E-state index contributed by atoms with van der Waals surface area (Å²) in [6.45, 7) is 5.57. The molecule has 1 fully saturated rings. The van der Waals surface area contributed by atoms with Crippen molar-refractivity contribution < 1.29 is 9.53 Å². The largest absolute Gasteiger partial charge is 0.376 e. The highest BCUT2D eigenvalue weighted by Crippen LogP contribution is 2.43. The van der Waals surface area contributed by atoms with Crippen LogP contribution >= 0.6 is 0 Å². The van der Waals surface area contributed by atoms with Gasteiger partial charge in [0.2, 0.25) is 5.95 Å². The van der Waals surface area contributed by atoms with Crippen LogP contribution in [0.2, 0.25) is 0 Å². The SMILES string of the molecule is CC1(C)CC(CCNC(=O)Nc2ncn[nH]2)(c2ccccc2)CCO1. The van der Waals surface area contributed by atoms with Gasteiger partial charge in [-0.3, -0.25) is 5.32 Å². The molecule has 7 heteroatoms. The van der Waals surface area contributed by atoms with Crippen LogP contribution in [0.3, 0.4) is 0 Å². The van der Waals surface area contributed by atoms with Crippen LogP contribution in [0.1, 0.15) is 38.7 Å². The molecule has 0 radical (unpaired) electrons. The van der Waals surface area contributed by atoms with E-state index >= 15 is 0 Å². The highest BCUT2D eigenvalue weighted by Gasteiger charge is 2.41. The van der Waals surface area contributed by atoms with E-state index in [2.05, 4.69) is 63.9 Å². The van der Waals surface area contributed by atoms with Gasteiger partial charge in [0.25, 0.3) is 0 Å². The van der Waals surface area contributed by atoms with Crippen molar-refractivity contribution in [1.29, 1.82) is 0 Å². The lowest BCUT2D eigenvalue weighted by atomic mass is 9.67. The van der Waals surface area contributed by atoms with Gasteiger partial charge in [0.05, 0.1) is 5.60 Å². The van der Waals surface area contributed by atoms with Gasteiger partial charge in [-0.1, -0.05) is 30.3 Å². The Morgan fingerprint density at radius 1 is 1.32 bits per heavy atom. The minimum absolute atomic E-state index is 0.00251. The summed E-state index contributed by atoms with van der Waals surface area (Å²) in [5.41, 5.74) is 1.14. The first kappa shape index (κ1) is 17.4. The standard InChI is InChI=1S/C18H25N5O2/c1-17(2)12-18(9-11-25-17,14-6-4-3-5-7-14)8-10-19-16(24)22-15-20-13-21-23-15/h3-7,13H,8-12H2,1-2H3,(H3,19,20,21,22,23,24). The molecule has 3 rings (SSSR count). The number of rotatable bonds is 5. The van der Waals surface area contributed by atoms with Gasteiger partial charge in [-0.2, -0.15) is 10.1 Å². The molecule has 1 atom stereocenters. The van der Waals surface area contributed by atoms with Crippen LogP contribution in [0.4, 0.5) is 10.7 Å². The van der Waals surface area contributed by atoms with Crippen molar-refractivity contribution in [3.8, 4) is 0 Å². The second-order valence-corrected chi connectivity index (χ2v) is 7.15. The number of H-pyrrole nitrogens is 1. The number of hydrogen-bond acceptors (Lipinski definition) is 4. The molecule has 3 N–H and O–H groups in total. The third-order valence-corrected chi connectivity index (χ3v) is 4.76. The Bertz CT molecular complexity index is 687. The van der Waals surface area contributed by atoms with Crippen molar-refractivity contribution in [2.45, 2.75) is 44.1 Å². The van der Waals surface area contributed by atoms with Crippen LogP contribution in [0.5, 0.6) is 0 Å². The van der Waals surface area contributed by atoms with E-state index < -0.39 is 0 Å². The average Bonchev–Trinajstić information content (AvgIpc) is 3.07. The molecule has 2 aromatic rings. The van der Waals surface area contributed by atoms with Crippen molar-refractivity contribution in [3.63, 3.8) is 0 Å². The van der Waals surface area contributed by atoms with Crippen LogP contribution in [0.15, 0.2) is 36.7 Å². The number of urea groups is 1. The maximum absolute atomic E-state index is 12.0. The number of nitrogens with one attached hydrogen (secondary N) is 3. The van der Waals surface area contributed by atoms with Crippen molar-refractivity contribution in [1.82, 2.24) is 20.5 Å². The van der Waals surface area contributed by atoms with Crippen LogP contribution in [0.25, 0.3) is 0 Å². The summed E-state index contributed by atoms with van der Waals surface area (Å²) in [6.07, 6.45) is 4.08. The lowest BCUT2D eigenvalue weighted by molar-refractivity contribution is -0.0838. The van der Waals surface area contributed by atoms with Crippen LogP contribution < -0.4 is 10.6 Å². The second kappa shape index (κ2) is 7.23. The highest BCUT2D eigenvalue weighted by atomic mass is 16.5. The molecule has 2 amide bonds. The van der Waals surface area contributed by atoms with Crippen molar-refractivity contribution in [2.75, 3.05) is 18.5 Å². The Labute approximate surface area is 147 Å². The molecule has 134 valence electrons. The van der Waals surface area contributed by atoms with E-state index in [0.717, 1.165) is 25.9 Å². The lowest BCUT2D eigenvalue weighted by Crippen LogP contribution is -2.46. The molecule has 25 heavy (non-hydrogen) atoms. The molecule has 0 spiro atoms. The van der Waals surface area contributed by atoms with E-state index in [4.69, 9.17) is 4.74 Å². The van der Waals surface area contributed by atoms with Crippen LogP contribution in [-0.2, 0) is 10.2 Å². The number of ether oxygens (including phenoxy) is 1. The first-order valence-electron chi connectivity index (χ1n) is 8.59. The number of carbonyl (C=O) groups excluding carboxylic acids is 1. The van der Waals surface area contributed by atoms with E-state index in [1.807, 2.05) is 6.07 Å². The van der Waals surface area contributed by atoms with Crippen LogP contribution in [0, 0.1) is 0 Å². The molecule has 1 unspecified atom stereocenters. The molecule has 1 aliphatic heterocycles. The van der Waals surface area contributed by atoms with E-state index in [-0.39, 0.29) is 17.0 Å². The van der Waals surface area contributed by atoms with Gasteiger partial charge in [-0.15, -0.1) is 0 Å². The maximum atomic E-state index is 12.0. The number of aromatic amines is 1. The predicted molar refractivity (Wildman–Crippen MR) is 95.4 cm³/mol. The monoisotopic (exact) mass is 343 g/mol. The van der Waals surface area contributed by atoms with Gasteiger partial charge in [0.1, 0.15) is 6.33 Å². The molecule has 1 aromatic carbocycles. The van der Waals surface area contributed by atoms with Gasteiger partial charge in [-0.05, 0) is 38.7 Å². The summed E-state index contributed by atoms with van der Waals surface area (Å²) in [5.74, 6) is 0.336. The Kier molecular flexibility index (Phi) is 5.03. The number of hydrogen-bond donors (Lipinski definition) is 3. The Morgan fingerprint density at radius 3 is 2.80 bits per heavy atom. The number of carbonyl (C=O) groups is 1. The van der Waals surface area contributed by atoms with E-state index in [1.165, 1.54) is 11.9 Å². The fourth-order valence-electron chi connectivity index (χ4n) is 3.71. The number of nitrogens with zero attached hydrogens (tertiary/aromatic N) is 2. The molecule has 2 heterocycles. The first-order chi connectivity index (χ1) is 12.0. The minimum atomic E-state index is -0.286. The molecular formula is C18H25N5O2. The molecule has 0 aliphatic carbocycles. The van der Waals surface area contributed by atoms with Crippen molar-refractivity contribution in [2.24, 2.45) is 0 Å². The zero-order valence-electron chi connectivity index (χ0n) is 14.7. The summed E-state index contributed by atoms with van der Waals surface area (Å²) in [4.78, 5) is 15.9. The quantitative estimate of drug-likeness (QED) is 0.778. The van der Waals surface area contributed by atoms with Gasteiger partial charge < -0.3 is 10.1 Å². The van der Waals surface area contributed by atoms with Gasteiger partial charge in [0.15, 0.2) is 0 Å². The summed E-state index contributed by atoms with van der Waals surface area (Å²) in [5, 5.41) is 11.8. The van der Waals surface area contributed by atoms with Crippen molar-refractivity contribution >= 4 is 12.0 Å². The first-order valence-corrected chi connectivity index (χ1v) is 8.59. The number of benzene rings is 1. The van der Waals surface area contributed by atoms with Gasteiger partial charge in [-0.25, -0.2) is 9.89 Å². The number of amides is 2. The normalized spacial score (nSPS) is 22.3. The molecular weight excluding hydrogens is 318 g/mol. The second-order valence-electron chi connectivity index (χ2n) is 7.15. The summed E-state index contributed by atoms with van der Waals surface area (Å²) >= 11 is 0. The average molecular weight is 343 g/mol. The molecule has 0 bridgehead atoms. The van der Waals surface area contributed by atoms with Crippen molar-refractivity contribution in [3.05, 3.63) is 42.2 Å². The van der Waals surface area contributed by atoms with Gasteiger partial charge in [0, 0.05) is 18.6 Å². The number of aromatic nitrogens is 3. The lowest BCUT2D eigenvalue weighted by Gasteiger charge is -2.45. The zero-order valence-corrected chi connectivity index (χ0v) is 14.7. The third kappa shape index (κ3) is 4.36. The van der Waals surface area contributed by atoms with E-state index in [0.29, 0.717) is 12.5 Å². The third-order valence-electron chi connectivity index (χ3n) is 4.76. The Balaban J connectivity index is 1.65. The highest BCUT2D eigenvalue weighted by molar-refractivity contribution is 5.87. The van der Waals surface area contributed by atoms with E-state index in [9.17, 15) is 4.79 Å². The Hall–Kier alpha value is -2.41. The van der Waals surface area contributed by atoms with Gasteiger partial charge >= 0.3 is 6.03 Å². The summed E-state index contributed by atoms with van der Waals surface area (Å²) in [7, 11) is 0. The van der Waals surface area contributed by atoms with E-state index in [1.54, 1.807) is 0 Å². The number of anilines is 1. The fourth-order valence-corrected chi connectivity index (χ4v) is 3.71. The summed E-state index contributed by atoms with van der Waals surface area (Å²) < 4.78 is 5.92. The maximum Gasteiger partial charge on any atom is 0.321 e. The molecule has 0 saturated carbocycles. The zero-order chi connectivity index (χ0) is 17.8. The minimum Gasteiger partial charge on any atom is -0.376 e. The topological polar surface area (TPSA) is 91.9 Å². The summed E-state index contributed by atoms with van der Waals surface area (Å²) in [6, 6.07) is 10.2.